The molecule has 0 aliphatic rings. The van der Waals surface area contributed by atoms with Crippen LogP contribution in [-0.4, -0.2) is 36.3 Å². The van der Waals surface area contributed by atoms with Gasteiger partial charge in [-0.15, -0.1) is 0 Å². The van der Waals surface area contributed by atoms with Gasteiger partial charge in [0.05, 0.1) is 0 Å². The van der Waals surface area contributed by atoms with Crippen LogP contribution in [0.3, 0.4) is 0 Å². The predicted octanol–water partition coefficient (Wildman–Crippen LogP) is 6.06. The Morgan fingerprint density at radius 1 is 0.889 bits per heavy atom. The van der Waals surface area contributed by atoms with E-state index in [-0.39, 0.29) is 17.6 Å². The fourth-order valence-electron chi connectivity index (χ4n) is 4.21. The first kappa shape index (κ1) is 25.4. The first-order chi connectivity index (χ1) is 17.4. The number of benzene rings is 4. The Bertz CT molecular complexity index is 1340. The molecule has 0 spiro atoms. The molecule has 0 unspecified atom stereocenters. The van der Waals surface area contributed by atoms with E-state index >= 15 is 0 Å². The van der Waals surface area contributed by atoms with Gasteiger partial charge >= 0.3 is 0 Å². The molecular formula is C30H28ClFN2O2. The van der Waals surface area contributed by atoms with Gasteiger partial charge in [0, 0.05) is 30.6 Å². The summed E-state index contributed by atoms with van der Waals surface area (Å²) in [6, 6.07) is 26.2. The Morgan fingerprint density at radius 2 is 1.58 bits per heavy atom. The lowest BCUT2D eigenvalue weighted by atomic mass is 10.0. The summed E-state index contributed by atoms with van der Waals surface area (Å²) >= 11 is 6.03. The molecule has 0 heterocycles. The number of rotatable bonds is 9. The third-order valence-electron chi connectivity index (χ3n) is 6.27. The van der Waals surface area contributed by atoms with Crippen LogP contribution in [0.2, 0.25) is 5.02 Å². The van der Waals surface area contributed by atoms with Gasteiger partial charge in [0.1, 0.15) is 11.9 Å². The molecule has 4 aromatic carbocycles. The van der Waals surface area contributed by atoms with E-state index in [1.165, 1.54) is 22.6 Å². The maximum Gasteiger partial charge on any atom is 0.254 e. The summed E-state index contributed by atoms with van der Waals surface area (Å²) in [6.45, 7) is 0.508. The second-order valence-electron chi connectivity index (χ2n) is 8.85. The second-order valence-corrected chi connectivity index (χ2v) is 9.29. The third-order valence-corrected chi connectivity index (χ3v) is 6.52. The predicted molar refractivity (Wildman–Crippen MR) is 143 cm³/mol. The van der Waals surface area contributed by atoms with E-state index < -0.39 is 6.04 Å². The summed E-state index contributed by atoms with van der Waals surface area (Å²) in [6.07, 6.45) is 2.00. The molecule has 0 bridgehead atoms. The number of amides is 2. The number of halogens is 2. The minimum Gasteiger partial charge on any atom is -0.354 e. The minimum absolute atomic E-state index is 0.211. The van der Waals surface area contributed by atoms with Crippen molar-refractivity contribution in [3.63, 3.8) is 0 Å². The molecule has 0 aliphatic carbocycles. The van der Waals surface area contributed by atoms with Crippen LogP contribution in [-0.2, 0) is 17.6 Å². The number of nitrogens with zero attached hydrogens (tertiary/aromatic N) is 1. The summed E-state index contributed by atoms with van der Waals surface area (Å²) < 4.78 is 13.5. The largest absolute Gasteiger partial charge is 0.354 e. The molecule has 0 saturated carbocycles. The summed E-state index contributed by atoms with van der Waals surface area (Å²) in [5.74, 6) is -0.818. The average molecular weight is 503 g/mol. The van der Waals surface area contributed by atoms with Gasteiger partial charge < -0.3 is 10.2 Å². The van der Waals surface area contributed by atoms with Crippen molar-refractivity contribution in [2.45, 2.75) is 25.3 Å². The van der Waals surface area contributed by atoms with Crippen LogP contribution < -0.4 is 5.32 Å². The van der Waals surface area contributed by atoms with Crippen LogP contribution >= 0.6 is 11.6 Å². The Labute approximate surface area is 215 Å². The van der Waals surface area contributed by atoms with Crippen molar-refractivity contribution in [2.24, 2.45) is 0 Å². The van der Waals surface area contributed by atoms with Gasteiger partial charge in [-0.25, -0.2) is 4.39 Å². The lowest BCUT2D eigenvalue weighted by Crippen LogP contribution is -2.49. The normalized spacial score (nSPS) is 11.8. The van der Waals surface area contributed by atoms with Gasteiger partial charge in [-0.3, -0.25) is 9.59 Å². The molecule has 184 valence electrons. The minimum atomic E-state index is -0.709. The fourth-order valence-corrected chi connectivity index (χ4v) is 4.34. The summed E-state index contributed by atoms with van der Waals surface area (Å²) in [4.78, 5) is 28.2. The molecule has 2 amide bonds. The number of fused-ring (bicyclic) bond motifs is 1. The smallest absolute Gasteiger partial charge is 0.254 e. The first-order valence-electron chi connectivity index (χ1n) is 11.9. The van der Waals surface area contributed by atoms with E-state index in [9.17, 15) is 14.0 Å². The first-order valence-corrected chi connectivity index (χ1v) is 12.3. The zero-order valence-electron chi connectivity index (χ0n) is 20.1. The highest BCUT2D eigenvalue weighted by molar-refractivity contribution is 6.30. The second kappa shape index (κ2) is 11.8. The van der Waals surface area contributed by atoms with Gasteiger partial charge in [-0.1, -0.05) is 66.2 Å². The Morgan fingerprint density at radius 3 is 2.33 bits per heavy atom. The van der Waals surface area contributed by atoms with Crippen molar-refractivity contribution < 1.29 is 14.0 Å². The van der Waals surface area contributed by atoms with Crippen LogP contribution in [0, 0.1) is 5.82 Å². The van der Waals surface area contributed by atoms with Gasteiger partial charge in [0.15, 0.2) is 0 Å². The molecular weight excluding hydrogens is 475 g/mol. The topological polar surface area (TPSA) is 49.4 Å². The van der Waals surface area contributed by atoms with Gasteiger partial charge in [-0.2, -0.15) is 0 Å². The van der Waals surface area contributed by atoms with Crippen LogP contribution in [0.15, 0.2) is 91.0 Å². The lowest BCUT2D eigenvalue weighted by Gasteiger charge is -2.28. The number of nitrogens with one attached hydrogen (secondary N) is 1. The van der Waals surface area contributed by atoms with E-state index in [2.05, 4.69) is 17.4 Å². The van der Waals surface area contributed by atoms with Gasteiger partial charge in [0.25, 0.3) is 5.91 Å². The summed E-state index contributed by atoms with van der Waals surface area (Å²) in [7, 11) is 1.64. The Kier molecular flexibility index (Phi) is 8.34. The number of hydrogen-bond acceptors (Lipinski definition) is 2. The highest BCUT2D eigenvalue weighted by Crippen LogP contribution is 2.20. The molecule has 1 atom stereocenters. The van der Waals surface area contributed by atoms with Crippen molar-refractivity contribution >= 4 is 34.2 Å². The highest BCUT2D eigenvalue weighted by Gasteiger charge is 2.28. The fraction of sp³-hybridized carbons (Fsp3) is 0.200. The van der Waals surface area contributed by atoms with Crippen molar-refractivity contribution in [1.29, 1.82) is 0 Å². The van der Waals surface area contributed by atoms with Crippen molar-refractivity contribution in [3.05, 3.63) is 119 Å². The monoisotopic (exact) mass is 502 g/mol. The molecule has 0 aromatic heterocycles. The molecule has 4 aromatic rings. The standard InChI is InChI=1S/C30H28ClFN2O2/c1-34(30(36)25-12-11-24-20-27(32)16-13-23(24)19-25)28(18-22-9-14-26(31)15-10-22)29(35)33-17-5-8-21-6-3-2-4-7-21/h2-4,6-7,9-16,19-20,28H,5,8,17-18H2,1H3,(H,33,35)/t28-/m0/s1. The summed E-state index contributed by atoms with van der Waals surface area (Å²) in [5, 5.41) is 5.09. The van der Waals surface area contributed by atoms with Crippen LogP contribution in [0.4, 0.5) is 4.39 Å². The van der Waals surface area contributed by atoms with Crippen molar-refractivity contribution in [3.8, 4) is 0 Å². The SMILES string of the molecule is CN(C(=O)c1ccc2cc(F)ccc2c1)[C@@H](Cc1ccc(Cl)cc1)C(=O)NCCCc1ccccc1. The quantitative estimate of drug-likeness (QED) is 0.283. The van der Waals surface area contributed by atoms with E-state index in [4.69, 9.17) is 11.6 Å². The molecule has 0 aliphatic heterocycles. The maximum atomic E-state index is 13.5. The number of carbonyl (C=O) groups is 2. The number of aryl methyl sites for hydroxylation is 1. The zero-order chi connectivity index (χ0) is 25.5. The molecule has 0 radical (unpaired) electrons. The van der Waals surface area contributed by atoms with Crippen molar-refractivity contribution in [1.82, 2.24) is 10.2 Å². The van der Waals surface area contributed by atoms with Gasteiger partial charge in [-0.05, 0) is 71.1 Å². The molecule has 6 heteroatoms. The third kappa shape index (κ3) is 6.49. The molecule has 1 N–H and O–H groups in total. The van der Waals surface area contributed by atoms with E-state index in [1.54, 1.807) is 43.4 Å². The van der Waals surface area contributed by atoms with E-state index in [0.29, 0.717) is 28.9 Å². The van der Waals surface area contributed by atoms with E-state index in [1.807, 2.05) is 30.3 Å². The maximum absolute atomic E-state index is 13.5. The van der Waals surface area contributed by atoms with Crippen LogP contribution in [0.5, 0.6) is 0 Å². The molecule has 0 saturated heterocycles. The number of carbonyl (C=O) groups excluding carboxylic acids is 2. The number of likely N-dealkylation sites (N-methyl/N-ethyl adjacent to an activating group) is 1. The van der Waals surface area contributed by atoms with Gasteiger partial charge in [0.2, 0.25) is 5.91 Å². The number of hydrogen-bond donors (Lipinski definition) is 1. The van der Waals surface area contributed by atoms with E-state index in [0.717, 1.165) is 23.8 Å². The Hall–Kier alpha value is -3.70. The van der Waals surface area contributed by atoms with Crippen molar-refractivity contribution in [2.75, 3.05) is 13.6 Å². The summed E-state index contributed by atoms with van der Waals surface area (Å²) in [5.41, 5.74) is 2.56. The van der Waals surface area contributed by atoms with Crippen LogP contribution in [0.25, 0.3) is 10.8 Å². The molecule has 4 rings (SSSR count). The molecule has 0 fully saturated rings. The lowest BCUT2D eigenvalue weighted by molar-refractivity contribution is -0.125. The Balaban J connectivity index is 1.49. The molecule has 4 nitrogen and oxygen atoms in total. The zero-order valence-corrected chi connectivity index (χ0v) is 20.8. The molecule has 36 heavy (non-hydrogen) atoms. The van der Waals surface area contributed by atoms with Crippen LogP contribution in [0.1, 0.15) is 27.9 Å². The highest BCUT2D eigenvalue weighted by atomic mass is 35.5. The average Bonchev–Trinajstić information content (AvgIpc) is 2.90.